The van der Waals surface area contributed by atoms with Crippen molar-refractivity contribution in [3.63, 3.8) is 0 Å². The highest BCUT2D eigenvalue weighted by Crippen LogP contribution is 2.06. The molecule has 0 rings (SSSR count). The van der Waals surface area contributed by atoms with Gasteiger partial charge in [0.15, 0.2) is 0 Å². The molecule has 84 valence electrons. The van der Waals surface area contributed by atoms with Crippen LogP contribution >= 0.6 is 0 Å². The normalized spacial score (nSPS) is 12.4. The maximum Gasteiger partial charge on any atom is 0.407 e. The minimum absolute atomic E-state index is 0.415. The highest BCUT2D eigenvalue weighted by molar-refractivity contribution is 5.67. The minimum atomic E-state index is -0.755. The van der Waals surface area contributed by atoms with Crippen molar-refractivity contribution in [2.24, 2.45) is 11.5 Å². The summed E-state index contributed by atoms with van der Waals surface area (Å²) in [5.41, 5.74) is 9.84. The van der Waals surface area contributed by atoms with Crippen molar-refractivity contribution >= 4 is 6.09 Å². The Morgan fingerprint density at radius 3 is 2.14 bits per heavy atom. The first-order valence-electron chi connectivity index (χ1n) is 4.65. The van der Waals surface area contributed by atoms with Crippen molar-refractivity contribution in [1.82, 2.24) is 5.32 Å². The quantitative estimate of drug-likeness (QED) is 0.584. The summed E-state index contributed by atoms with van der Waals surface area (Å²) in [6.45, 7) is 7.54. The van der Waals surface area contributed by atoms with Gasteiger partial charge in [-0.3, -0.25) is 0 Å². The van der Waals surface area contributed by atoms with Crippen LogP contribution in [0.25, 0.3) is 0 Å². The molecule has 0 fully saturated rings. The Hall–Kier alpha value is -0.810. The summed E-state index contributed by atoms with van der Waals surface area (Å²) in [7, 11) is 0. The van der Waals surface area contributed by atoms with Gasteiger partial charge >= 0.3 is 6.09 Å². The maximum absolute atomic E-state index is 11.1. The summed E-state index contributed by atoms with van der Waals surface area (Å²) in [6, 6.07) is 0. The second-order valence-electron chi connectivity index (χ2n) is 4.68. The molecule has 0 spiro atoms. The molecule has 14 heavy (non-hydrogen) atoms. The lowest BCUT2D eigenvalue weighted by molar-refractivity contribution is 0.0525. The van der Waals surface area contributed by atoms with Crippen molar-refractivity contribution < 1.29 is 9.53 Å². The van der Waals surface area contributed by atoms with E-state index in [-0.39, 0.29) is 0 Å². The molecule has 0 heterocycles. The minimum Gasteiger partial charge on any atom is -0.444 e. The van der Waals surface area contributed by atoms with Gasteiger partial charge in [-0.05, 0) is 34.1 Å². The Labute approximate surface area is 85.2 Å². The van der Waals surface area contributed by atoms with Gasteiger partial charge in [-0.15, -0.1) is 0 Å². The SMILES string of the molecule is CC(N)(N)CCNC(=O)OC(C)(C)C. The van der Waals surface area contributed by atoms with Crippen LogP contribution in [-0.2, 0) is 4.74 Å². The topological polar surface area (TPSA) is 90.4 Å². The molecular weight excluding hydrogens is 182 g/mol. The van der Waals surface area contributed by atoms with Crippen molar-refractivity contribution in [1.29, 1.82) is 0 Å². The zero-order valence-electron chi connectivity index (χ0n) is 9.39. The van der Waals surface area contributed by atoms with Gasteiger partial charge in [0.1, 0.15) is 5.60 Å². The molecule has 0 atom stereocenters. The molecule has 5 heteroatoms. The van der Waals surface area contributed by atoms with E-state index in [0.717, 1.165) is 0 Å². The van der Waals surface area contributed by atoms with Gasteiger partial charge in [0.05, 0.1) is 5.66 Å². The number of carbonyl (C=O) groups is 1. The molecule has 0 bridgehead atoms. The Kier molecular flexibility index (Phi) is 4.35. The fourth-order valence-electron chi connectivity index (χ4n) is 0.748. The average molecular weight is 203 g/mol. The van der Waals surface area contributed by atoms with Gasteiger partial charge in [-0.1, -0.05) is 0 Å². The van der Waals surface area contributed by atoms with E-state index in [1.807, 2.05) is 20.8 Å². The van der Waals surface area contributed by atoms with E-state index in [9.17, 15) is 4.79 Å². The van der Waals surface area contributed by atoms with Crippen LogP contribution in [0.2, 0.25) is 0 Å². The summed E-state index contributed by atoms with van der Waals surface area (Å²) < 4.78 is 5.02. The molecule has 0 aliphatic rings. The molecule has 0 saturated carbocycles. The number of hydrogen-bond donors (Lipinski definition) is 3. The standard InChI is InChI=1S/C9H21N3O2/c1-8(2,3)14-7(13)12-6-5-9(4,10)11/h5-6,10-11H2,1-4H3,(H,12,13). The van der Waals surface area contributed by atoms with Gasteiger partial charge in [0.25, 0.3) is 0 Å². The number of rotatable bonds is 3. The zero-order chi connectivity index (χ0) is 11.4. The second-order valence-corrected chi connectivity index (χ2v) is 4.68. The monoisotopic (exact) mass is 203 g/mol. The summed E-state index contributed by atoms with van der Waals surface area (Å²) in [5.74, 6) is 0. The molecule has 0 aliphatic carbocycles. The summed E-state index contributed by atoms with van der Waals surface area (Å²) >= 11 is 0. The van der Waals surface area contributed by atoms with Crippen LogP contribution in [0.15, 0.2) is 0 Å². The molecular formula is C9H21N3O2. The summed E-state index contributed by atoms with van der Waals surface area (Å²) in [4.78, 5) is 11.1. The predicted octanol–water partition coefficient (Wildman–Crippen LogP) is 0.535. The van der Waals surface area contributed by atoms with Crippen LogP contribution in [0.5, 0.6) is 0 Å². The average Bonchev–Trinajstić information content (AvgIpc) is 1.78. The Balaban J connectivity index is 3.66. The van der Waals surface area contributed by atoms with Crippen molar-refractivity contribution in [2.75, 3.05) is 6.54 Å². The number of ether oxygens (including phenoxy) is 1. The van der Waals surface area contributed by atoms with Gasteiger partial charge in [-0.25, -0.2) is 4.79 Å². The molecule has 5 nitrogen and oxygen atoms in total. The molecule has 0 aliphatic heterocycles. The van der Waals surface area contributed by atoms with Gasteiger partial charge in [-0.2, -0.15) is 0 Å². The van der Waals surface area contributed by atoms with Crippen LogP contribution in [0, 0.1) is 0 Å². The lowest BCUT2D eigenvalue weighted by atomic mass is 10.1. The fourth-order valence-corrected chi connectivity index (χ4v) is 0.748. The number of amides is 1. The summed E-state index contributed by atoms with van der Waals surface area (Å²) in [5, 5.41) is 2.57. The van der Waals surface area contributed by atoms with Crippen LogP contribution < -0.4 is 16.8 Å². The molecule has 0 aromatic rings. The van der Waals surface area contributed by atoms with Crippen LogP contribution in [-0.4, -0.2) is 23.9 Å². The largest absolute Gasteiger partial charge is 0.444 e. The molecule has 0 radical (unpaired) electrons. The number of carbonyl (C=O) groups excluding carboxylic acids is 1. The van der Waals surface area contributed by atoms with E-state index in [2.05, 4.69) is 5.32 Å². The Morgan fingerprint density at radius 2 is 1.79 bits per heavy atom. The van der Waals surface area contributed by atoms with Crippen molar-refractivity contribution in [2.45, 2.75) is 45.4 Å². The number of alkyl carbamates (subject to hydrolysis) is 1. The fraction of sp³-hybridized carbons (Fsp3) is 0.889. The maximum atomic E-state index is 11.1. The third-order valence-electron chi connectivity index (χ3n) is 1.33. The molecule has 0 aromatic carbocycles. The van der Waals surface area contributed by atoms with E-state index >= 15 is 0 Å². The lowest BCUT2D eigenvalue weighted by Crippen LogP contribution is -2.48. The number of nitrogens with two attached hydrogens (primary N) is 2. The smallest absolute Gasteiger partial charge is 0.407 e. The molecule has 0 saturated heterocycles. The zero-order valence-corrected chi connectivity index (χ0v) is 9.39. The van der Waals surface area contributed by atoms with Gasteiger partial charge in [0, 0.05) is 6.54 Å². The third kappa shape index (κ3) is 9.28. The number of hydrogen-bond acceptors (Lipinski definition) is 4. The van der Waals surface area contributed by atoms with E-state index in [1.54, 1.807) is 6.92 Å². The number of nitrogens with one attached hydrogen (secondary N) is 1. The van der Waals surface area contributed by atoms with E-state index in [4.69, 9.17) is 16.2 Å². The van der Waals surface area contributed by atoms with Crippen LogP contribution in [0.3, 0.4) is 0 Å². The van der Waals surface area contributed by atoms with Crippen LogP contribution in [0.4, 0.5) is 4.79 Å². The highest BCUT2D eigenvalue weighted by atomic mass is 16.6. The summed E-state index contributed by atoms with van der Waals surface area (Å²) in [6.07, 6.45) is 0.0634. The first-order chi connectivity index (χ1) is 6.10. The lowest BCUT2D eigenvalue weighted by Gasteiger charge is -2.21. The van der Waals surface area contributed by atoms with Crippen molar-refractivity contribution in [3.8, 4) is 0 Å². The van der Waals surface area contributed by atoms with Gasteiger partial charge < -0.3 is 21.5 Å². The van der Waals surface area contributed by atoms with Crippen molar-refractivity contribution in [3.05, 3.63) is 0 Å². The van der Waals surface area contributed by atoms with Gasteiger partial charge in [0.2, 0.25) is 0 Å². The first-order valence-corrected chi connectivity index (χ1v) is 4.65. The van der Waals surface area contributed by atoms with E-state index < -0.39 is 17.4 Å². The molecule has 5 N–H and O–H groups in total. The molecule has 0 unspecified atom stereocenters. The second kappa shape index (κ2) is 4.61. The van der Waals surface area contributed by atoms with E-state index in [1.165, 1.54) is 0 Å². The Bertz CT molecular complexity index is 191. The predicted molar refractivity (Wildman–Crippen MR) is 55.6 cm³/mol. The first kappa shape index (κ1) is 13.2. The van der Waals surface area contributed by atoms with Crippen LogP contribution in [0.1, 0.15) is 34.1 Å². The Morgan fingerprint density at radius 1 is 1.29 bits per heavy atom. The third-order valence-corrected chi connectivity index (χ3v) is 1.33. The molecule has 1 amide bonds. The molecule has 0 aromatic heterocycles. The van der Waals surface area contributed by atoms with E-state index in [0.29, 0.717) is 13.0 Å². The highest BCUT2D eigenvalue weighted by Gasteiger charge is 2.16.